The number of hydrogen-bond donors (Lipinski definition) is 1. The number of Topliss-reactive ketones (excluding diaryl/α,β-unsaturated/α-hetero) is 1. The molecule has 1 aromatic heterocycles. The highest BCUT2D eigenvalue weighted by Crippen LogP contribution is 2.46. The highest BCUT2D eigenvalue weighted by Gasteiger charge is 2.48. The Morgan fingerprint density at radius 1 is 1.02 bits per heavy atom. The largest absolute Gasteiger partial charge is 0.507 e. The number of ether oxygens (including phenoxy) is 3. The first-order chi connectivity index (χ1) is 22.3. The Bertz CT molecular complexity index is 2020. The van der Waals surface area contributed by atoms with Crippen molar-refractivity contribution in [3.05, 3.63) is 119 Å². The van der Waals surface area contributed by atoms with Crippen LogP contribution in [0.5, 0.6) is 17.2 Å². The van der Waals surface area contributed by atoms with Gasteiger partial charge in [0.05, 0.1) is 28.4 Å². The molecular weight excluding hydrogens is 607 g/mol. The predicted molar refractivity (Wildman–Crippen MR) is 173 cm³/mol. The average molecular weight is 637 g/mol. The molecule has 8 nitrogen and oxygen atoms in total. The molecule has 10 heteroatoms. The van der Waals surface area contributed by atoms with Gasteiger partial charge in [-0.05, 0) is 79.1 Å². The summed E-state index contributed by atoms with van der Waals surface area (Å²) in [6.07, 6.45) is 0.639. The third-order valence-corrected chi connectivity index (χ3v) is 9.00. The number of carbonyl (C=O) groups excluding carboxylic acids is 2. The Morgan fingerprint density at radius 2 is 1.85 bits per heavy atom. The van der Waals surface area contributed by atoms with Crippen LogP contribution in [-0.2, 0) is 22.6 Å². The monoisotopic (exact) mass is 636 g/mol. The molecule has 0 aliphatic carbocycles. The third-order valence-electron chi connectivity index (χ3n) is 7.98. The van der Waals surface area contributed by atoms with E-state index in [0.29, 0.717) is 52.5 Å². The lowest BCUT2D eigenvalue weighted by Crippen LogP contribution is -2.29. The predicted octanol–water partition coefficient (Wildman–Crippen LogP) is 7.36. The van der Waals surface area contributed by atoms with E-state index in [4.69, 9.17) is 14.2 Å². The summed E-state index contributed by atoms with van der Waals surface area (Å²) in [7, 11) is 0. The second-order valence-electron chi connectivity index (χ2n) is 11.1. The van der Waals surface area contributed by atoms with Gasteiger partial charge in [-0.1, -0.05) is 47.7 Å². The summed E-state index contributed by atoms with van der Waals surface area (Å²) in [6.45, 7) is 4.45. The number of anilines is 1. The van der Waals surface area contributed by atoms with Crippen molar-refractivity contribution in [3.63, 3.8) is 0 Å². The van der Waals surface area contributed by atoms with E-state index in [9.17, 15) is 19.1 Å². The number of benzene rings is 4. The number of thiazole rings is 1. The molecule has 232 valence electrons. The van der Waals surface area contributed by atoms with Crippen LogP contribution >= 0.6 is 11.3 Å². The number of aromatic nitrogens is 1. The molecule has 1 amide bonds. The summed E-state index contributed by atoms with van der Waals surface area (Å²) in [5, 5.41) is 11.9. The molecule has 1 N–H and O–H groups in total. The van der Waals surface area contributed by atoms with Crippen molar-refractivity contribution < 1.29 is 33.3 Å². The van der Waals surface area contributed by atoms with E-state index in [0.717, 1.165) is 28.2 Å². The first-order valence-electron chi connectivity index (χ1n) is 14.9. The van der Waals surface area contributed by atoms with Crippen LogP contribution in [0.15, 0.2) is 90.5 Å². The number of hydrogen-bond acceptors (Lipinski definition) is 8. The molecule has 0 spiro atoms. The molecule has 46 heavy (non-hydrogen) atoms. The number of aliphatic hydroxyl groups excluding tert-OH is 1. The number of amides is 1. The van der Waals surface area contributed by atoms with Gasteiger partial charge in [0, 0.05) is 12.0 Å². The van der Waals surface area contributed by atoms with E-state index < -0.39 is 23.5 Å². The first-order valence-corrected chi connectivity index (χ1v) is 15.7. The number of aliphatic hydroxyl groups is 1. The minimum absolute atomic E-state index is 0.0125. The van der Waals surface area contributed by atoms with Gasteiger partial charge in [-0.3, -0.25) is 14.5 Å². The standard InChI is InChI=1S/C36H29FN2O6S/c1-3-43-29-17-22(9-14-28(29)44-19-21-7-5-4-6-8-21)32-31(33(40)23-10-13-27-24(16-23)15-20(2)45-27)34(41)35(42)39(32)36-38-26-12-11-25(37)18-30(26)46-36/h4-14,16-18,20,32,40H,3,15,19H2,1-2H3. The summed E-state index contributed by atoms with van der Waals surface area (Å²) in [5.41, 5.74) is 3.15. The zero-order chi connectivity index (χ0) is 31.9. The second-order valence-corrected chi connectivity index (χ2v) is 12.2. The van der Waals surface area contributed by atoms with E-state index >= 15 is 0 Å². The quantitative estimate of drug-likeness (QED) is 0.108. The van der Waals surface area contributed by atoms with Gasteiger partial charge in [0.15, 0.2) is 16.6 Å². The first kappa shape index (κ1) is 29.5. The average Bonchev–Trinajstić information content (AvgIpc) is 3.72. The van der Waals surface area contributed by atoms with Crippen molar-refractivity contribution in [1.29, 1.82) is 0 Å². The number of ketones is 1. The smallest absolute Gasteiger partial charge is 0.301 e. The summed E-state index contributed by atoms with van der Waals surface area (Å²) in [6, 6.07) is 23.2. The number of nitrogens with zero attached hydrogens (tertiary/aromatic N) is 2. The van der Waals surface area contributed by atoms with Crippen LogP contribution < -0.4 is 19.1 Å². The number of fused-ring (bicyclic) bond motifs is 2. The zero-order valence-corrected chi connectivity index (χ0v) is 25.8. The Labute approximate surface area is 268 Å². The molecular formula is C36H29FN2O6S. The fourth-order valence-electron chi connectivity index (χ4n) is 5.88. The Morgan fingerprint density at radius 3 is 2.65 bits per heavy atom. The molecule has 2 aliphatic rings. The maximum atomic E-state index is 14.1. The Hall–Kier alpha value is -5.22. The molecule has 2 aliphatic heterocycles. The molecule has 3 heterocycles. The minimum atomic E-state index is -1.06. The molecule has 0 bridgehead atoms. The maximum absolute atomic E-state index is 14.1. The summed E-state index contributed by atoms with van der Waals surface area (Å²) in [4.78, 5) is 33.5. The van der Waals surface area contributed by atoms with E-state index in [1.807, 2.05) is 44.2 Å². The van der Waals surface area contributed by atoms with E-state index in [2.05, 4.69) is 4.98 Å². The van der Waals surface area contributed by atoms with Crippen molar-refractivity contribution in [2.75, 3.05) is 11.5 Å². The van der Waals surface area contributed by atoms with Gasteiger partial charge < -0.3 is 19.3 Å². The van der Waals surface area contributed by atoms with Crippen LogP contribution in [0.4, 0.5) is 9.52 Å². The summed E-state index contributed by atoms with van der Waals surface area (Å²) >= 11 is 1.09. The fraction of sp³-hybridized carbons (Fsp3) is 0.194. The molecule has 2 atom stereocenters. The lowest BCUT2D eigenvalue weighted by molar-refractivity contribution is -0.132. The maximum Gasteiger partial charge on any atom is 0.301 e. The molecule has 1 fully saturated rings. The van der Waals surface area contributed by atoms with Crippen molar-refractivity contribution in [3.8, 4) is 17.2 Å². The van der Waals surface area contributed by atoms with Gasteiger partial charge in [-0.25, -0.2) is 9.37 Å². The number of rotatable bonds is 8. The summed E-state index contributed by atoms with van der Waals surface area (Å²) in [5.74, 6) is -0.861. The van der Waals surface area contributed by atoms with Crippen LogP contribution in [0, 0.1) is 5.82 Å². The molecule has 4 aromatic carbocycles. The molecule has 5 aromatic rings. The van der Waals surface area contributed by atoms with Crippen LogP contribution in [-0.4, -0.2) is 34.5 Å². The zero-order valence-electron chi connectivity index (χ0n) is 25.0. The number of carbonyl (C=O) groups is 2. The van der Waals surface area contributed by atoms with Crippen molar-refractivity contribution >= 4 is 44.1 Å². The minimum Gasteiger partial charge on any atom is -0.507 e. The topological polar surface area (TPSA) is 98.2 Å². The van der Waals surface area contributed by atoms with E-state index in [-0.39, 0.29) is 22.6 Å². The molecule has 0 radical (unpaired) electrons. The van der Waals surface area contributed by atoms with E-state index in [1.54, 1.807) is 36.4 Å². The molecule has 7 rings (SSSR count). The van der Waals surface area contributed by atoms with Crippen LogP contribution in [0.25, 0.3) is 16.0 Å². The van der Waals surface area contributed by atoms with Crippen molar-refractivity contribution in [1.82, 2.24) is 4.98 Å². The molecule has 2 unspecified atom stereocenters. The second kappa shape index (κ2) is 11.9. The lowest BCUT2D eigenvalue weighted by atomic mass is 9.94. The highest BCUT2D eigenvalue weighted by molar-refractivity contribution is 7.22. The summed E-state index contributed by atoms with van der Waals surface area (Å²) < 4.78 is 32.5. The van der Waals surface area contributed by atoms with Gasteiger partial charge in [-0.2, -0.15) is 0 Å². The normalized spacial score (nSPS) is 18.5. The lowest BCUT2D eigenvalue weighted by Gasteiger charge is -2.24. The fourth-order valence-corrected chi connectivity index (χ4v) is 6.89. The van der Waals surface area contributed by atoms with Gasteiger partial charge in [0.25, 0.3) is 5.78 Å². The number of halogens is 1. The van der Waals surface area contributed by atoms with Crippen LogP contribution in [0.3, 0.4) is 0 Å². The Kier molecular flexibility index (Phi) is 7.66. The van der Waals surface area contributed by atoms with Crippen molar-refractivity contribution in [2.24, 2.45) is 0 Å². The SMILES string of the molecule is CCOc1cc(C2C(=C(O)c3ccc4c(c3)CC(C)O4)C(=O)C(=O)N2c2nc3ccc(F)cc3s2)ccc1OCc1ccccc1. The highest BCUT2D eigenvalue weighted by atomic mass is 32.1. The molecule has 0 saturated carbocycles. The van der Waals surface area contributed by atoms with Crippen LogP contribution in [0.2, 0.25) is 0 Å². The molecule has 1 saturated heterocycles. The van der Waals surface area contributed by atoms with Gasteiger partial charge >= 0.3 is 5.91 Å². The van der Waals surface area contributed by atoms with Gasteiger partial charge in [0.1, 0.15) is 30.0 Å². The van der Waals surface area contributed by atoms with Gasteiger partial charge in [-0.15, -0.1) is 0 Å². The van der Waals surface area contributed by atoms with Crippen molar-refractivity contribution in [2.45, 2.75) is 39.0 Å². The van der Waals surface area contributed by atoms with Gasteiger partial charge in [0.2, 0.25) is 0 Å². The Balaban J connectivity index is 1.36. The van der Waals surface area contributed by atoms with Crippen LogP contribution in [0.1, 0.15) is 42.1 Å². The van der Waals surface area contributed by atoms with E-state index in [1.165, 1.54) is 23.1 Å². The third kappa shape index (κ3) is 5.34.